The molecule has 0 radical (unpaired) electrons. The van der Waals surface area contributed by atoms with E-state index in [4.69, 9.17) is 0 Å². The van der Waals surface area contributed by atoms with Crippen LogP contribution < -0.4 is 10.2 Å². The summed E-state index contributed by atoms with van der Waals surface area (Å²) in [4.78, 5) is 2.59. The molecule has 0 saturated carbocycles. The molecule has 1 aliphatic heterocycles. The van der Waals surface area contributed by atoms with Crippen molar-refractivity contribution in [2.24, 2.45) is 0 Å². The van der Waals surface area contributed by atoms with E-state index >= 15 is 0 Å². The van der Waals surface area contributed by atoms with Crippen molar-refractivity contribution >= 4 is 21.6 Å². The summed E-state index contributed by atoms with van der Waals surface area (Å²) in [5, 5.41) is 3.24. The molecule has 0 aliphatic carbocycles. The first kappa shape index (κ1) is 13.9. The molecule has 2 rings (SSSR count). The summed E-state index contributed by atoms with van der Waals surface area (Å²) < 4.78 is 1.27. The fourth-order valence-corrected chi connectivity index (χ4v) is 3.49. The van der Waals surface area contributed by atoms with E-state index in [2.05, 4.69) is 58.2 Å². The van der Waals surface area contributed by atoms with Gasteiger partial charge < -0.3 is 10.2 Å². The fraction of sp³-hybridized carbons (Fsp3) is 0.600. The van der Waals surface area contributed by atoms with E-state index in [0.29, 0.717) is 12.1 Å². The van der Waals surface area contributed by atoms with Gasteiger partial charge in [0, 0.05) is 22.2 Å². The summed E-state index contributed by atoms with van der Waals surface area (Å²) in [6, 6.07) is 7.80. The predicted molar refractivity (Wildman–Crippen MR) is 82.4 cm³/mol. The third-order valence-electron chi connectivity index (χ3n) is 3.73. The first-order valence-electron chi connectivity index (χ1n) is 6.85. The summed E-state index contributed by atoms with van der Waals surface area (Å²) in [5.41, 5.74) is 2.91. The number of rotatable bonds is 5. The molecule has 1 aliphatic rings. The summed E-state index contributed by atoms with van der Waals surface area (Å²) >= 11 is 3.69. The first-order valence-corrected chi connectivity index (χ1v) is 7.64. The minimum atomic E-state index is 0.570. The normalized spacial score (nSPS) is 18.5. The van der Waals surface area contributed by atoms with E-state index in [0.717, 1.165) is 6.54 Å². The maximum absolute atomic E-state index is 3.69. The van der Waals surface area contributed by atoms with Crippen LogP contribution in [0.5, 0.6) is 0 Å². The van der Waals surface area contributed by atoms with Crippen molar-refractivity contribution in [3.05, 3.63) is 28.2 Å². The van der Waals surface area contributed by atoms with Crippen LogP contribution in [0.15, 0.2) is 22.7 Å². The Hall–Kier alpha value is -0.540. The van der Waals surface area contributed by atoms with Gasteiger partial charge in [0.05, 0.1) is 0 Å². The minimum absolute atomic E-state index is 0.570. The Morgan fingerprint density at radius 2 is 2.22 bits per heavy atom. The van der Waals surface area contributed by atoms with Gasteiger partial charge in [0.2, 0.25) is 0 Å². The lowest BCUT2D eigenvalue weighted by atomic mass is 10.1. The number of anilines is 1. The van der Waals surface area contributed by atoms with Gasteiger partial charge in [-0.25, -0.2) is 0 Å². The van der Waals surface area contributed by atoms with Gasteiger partial charge in [-0.1, -0.05) is 22.0 Å². The lowest BCUT2D eigenvalue weighted by Gasteiger charge is -2.31. The summed E-state index contributed by atoms with van der Waals surface area (Å²) in [7, 11) is 2.03. The zero-order valence-electron chi connectivity index (χ0n) is 11.5. The highest BCUT2D eigenvalue weighted by Gasteiger charge is 2.31. The maximum Gasteiger partial charge on any atom is 0.0415 e. The summed E-state index contributed by atoms with van der Waals surface area (Å²) in [5.74, 6) is 0. The second-order valence-electron chi connectivity index (χ2n) is 5.34. The van der Waals surface area contributed by atoms with Gasteiger partial charge in [0.1, 0.15) is 0 Å². The van der Waals surface area contributed by atoms with Gasteiger partial charge in [-0.15, -0.1) is 0 Å². The Kier molecular flexibility index (Phi) is 4.68. The van der Waals surface area contributed by atoms with Crippen LogP contribution in [0.1, 0.15) is 32.3 Å². The minimum Gasteiger partial charge on any atom is -0.366 e. The quantitative estimate of drug-likeness (QED) is 0.836. The number of benzene rings is 1. The molecule has 100 valence electrons. The van der Waals surface area contributed by atoms with E-state index < -0.39 is 0 Å². The lowest BCUT2D eigenvalue weighted by Crippen LogP contribution is -2.38. The predicted octanol–water partition coefficient (Wildman–Crippen LogP) is 3.59. The Morgan fingerprint density at radius 1 is 1.44 bits per heavy atom. The van der Waals surface area contributed by atoms with Crippen LogP contribution in [-0.2, 0) is 6.42 Å². The van der Waals surface area contributed by atoms with E-state index in [1.807, 2.05) is 7.05 Å². The zero-order valence-corrected chi connectivity index (χ0v) is 13.1. The van der Waals surface area contributed by atoms with Crippen molar-refractivity contribution in [1.82, 2.24) is 5.32 Å². The van der Waals surface area contributed by atoms with Crippen molar-refractivity contribution in [2.75, 3.05) is 18.5 Å². The number of hydrogen-bond acceptors (Lipinski definition) is 2. The monoisotopic (exact) mass is 310 g/mol. The average molecular weight is 311 g/mol. The highest BCUT2D eigenvalue weighted by atomic mass is 79.9. The van der Waals surface area contributed by atoms with Crippen LogP contribution in [0.25, 0.3) is 0 Å². The van der Waals surface area contributed by atoms with Gasteiger partial charge in [0.15, 0.2) is 0 Å². The Labute approximate surface area is 119 Å². The maximum atomic E-state index is 3.69. The van der Waals surface area contributed by atoms with E-state index in [1.165, 1.54) is 35.0 Å². The van der Waals surface area contributed by atoms with Gasteiger partial charge in [-0.05, 0) is 64.4 Å². The van der Waals surface area contributed by atoms with E-state index in [1.54, 1.807) is 0 Å². The van der Waals surface area contributed by atoms with Crippen LogP contribution in [0.4, 0.5) is 5.69 Å². The van der Waals surface area contributed by atoms with Gasteiger partial charge in [-0.2, -0.15) is 0 Å². The van der Waals surface area contributed by atoms with Crippen molar-refractivity contribution in [3.8, 4) is 0 Å². The second kappa shape index (κ2) is 6.07. The van der Waals surface area contributed by atoms with Crippen LogP contribution in [-0.4, -0.2) is 25.7 Å². The molecule has 1 aromatic carbocycles. The summed E-state index contributed by atoms with van der Waals surface area (Å²) in [6.07, 6.45) is 3.69. The molecular formula is C15H23BrN2. The molecule has 0 fully saturated rings. The third kappa shape index (κ3) is 2.72. The van der Waals surface area contributed by atoms with Gasteiger partial charge >= 0.3 is 0 Å². The molecule has 1 atom stereocenters. The molecule has 1 heterocycles. The molecular weight excluding hydrogens is 288 g/mol. The van der Waals surface area contributed by atoms with E-state index in [-0.39, 0.29) is 0 Å². The molecule has 18 heavy (non-hydrogen) atoms. The topological polar surface area (TPSA) is 15.3 Å². The fourth-order valence-electron chi connectivity index (χ4n) is 2.98. The highest BCUT2D eigenvalue weighted by Crippen LogP contribution is 2.39. The zero-order chi connectivity index (χ0) is 13.1. The van der Waals surface area contributed by atoms with Crippen molar-refractivity contribution < 1.29 is 0 Å². The SMILES string of the molecule is CNCCCC1Cc2c(Br)cccc2N1C(C)C. The van der Waals surface area contributed by atoms with E-state index in [9.17, 15) is 0 Å². The molecule has 1 aromatic rings. The average Bonchev–Trinajstić information content (AvgIpc) is 2.69. The highest BCUT2D eigenvalue weighted by molar-refractivity contribution is 9.10. The molecule has 0 bridgehead atoms. The van der Waals surface area contributed by atoms with Crippen molar-refractivity contribution in [1.29, 1.82) is 0 Å². The van der Waals surface area contributed by atoms with Crippen LogP contribution in [0.2, 0.25) is 0 Å². The second-order valence-corrected chi connectivity index (χ2v) is 6.20. The molecule has 0 saturated heterocycles. The number of fused-ring (bicyclic) bond motifs is 1. The summed E-state index contributed by atoms with van der Waals surface area (Å²) in [6.45, 7) is 5.70. The lowest BCUT2D eigenvalue weighted by molar-refractivity contribution is 0.512. The molecule has 3 heteroatoms. The molecule has 0 spiro atoms. The van der Waals surface area contributed by atoms with Crippen LogP contribution in [0, 0.1) is 0 Å². The standard InChI is InChI=1S/C15H23BrN2/c1-11(2)18-12(6-5-9-17-3)10-13-14(16)7-4-8-15(13)18/h4,7-8,11-12,17H,5-6,9-10H2,1-3H3. The first-order chi connectivity index (χ1) is 8.65. The Bertz CT molecular complexity index is 403. The number of hydrogen-bond donors (Lipinski definition) is 1. The molecule has 1 N–H and O–H groups in total. The third-order valence-corrected chi connectivity index (χ3v) is 4.47. The van der Waals surface area contributed by atoms with Gasteiger partial charge in [-0.3, -0.25) is 0 Å². The van der Waals surface area contributed by atoms with Crippen molar-refractivity contribution in [3.63, 3.8) is 0 Å². The smallest absolute Gasteiger partial charge is 0.0415 e. The number of halogens is 1. The molecule has 0 aromatic heterocycles. The van der Waals surface area contributed by atoms with Crippen molar-refractivity contribution in [2.45, 2.75) is 45.2 Å². The Morgan fingerprint density at radius 3 is 2.89 bits per heavy atom. The molecule has 0 amide bonds. The number of nitrogens with one attached hydrogen (secondary N) is 1. The van der Waals surface area contributed by atoms with Crippen LogP contribution >= 0.6 is 15.9 Å². The Balaban J connectivity index is 2.18. The van der Waals surface area contributed by atoms with Gasteiger partial charge in [0.25, 0.3) is 0 Å². The largest absolute Gasteiger partial charge is 0.366 e. The molecule has 1 unspecified atom stereocenters. The number of nitrogens with zero attached hydrogens (tertiary/aromatic N) is 1. The molecule has 2 nitrogen and oxygen atoms in total. The van der Waals surface area contributed by atoms with Crippen LogP contribution in [0.3, 0.4) is 0 Å².